The van der Waals surface area contributed by atoms with Gasteiger partial charge in [-0.25, -0.2) is 9.97 Å². The van der Waals surface area contributed by atoms with Crippen LogP contribution in [0.4, 0.5) is 5.95 Å². The first-order chi connectivity index (χ1) is 13.7. The molecule has 1 aromatic rings. The highest BCUT2D eigenvalue weighted by atomic mass is 16.5. The van der Waals surface area contributed by atoms with Crippen molar-refractivity contribution in [2.24, 2.45) is 5.92 Å². The molecule has 3 fully saturated rings. The number of rotatable bonds is 4. The zero-order valence-corrected chi connectivity index (χ0v) is 17.1. The third-order valence-electron chi connectivity index (χ3n) is 6.49. The molecule has 1 atom stereocenters. The molecule has 0 aliphatic carbocycles. The molecule has 3 aliphatic heterocycles. The average molecular weight is 388 g/mol. The normalized spacial score (nSPS) is 25.1. The van der Waals surface area contributed by atoms with Gasteiger partial charge in [0.1, 0.15) is 0 Å². The third-order valence-corrected chi connectivity index (χ3v) is 6.49. The fraction of sp³-hybridized carbons (Fsp3) is 0.762. The second-order valence-electron chi connectivity index (χ2n) is 8.23. The highest BCUT2D eigenvalue weighted by Gasteiger charge is 2.34. The van der Waals surface area contributed by atoms with Gasteiger partial charge in [-0.1, -0.05) is 6.92 Å². The number of piperidine rings is 2. The van der Waals surface area contributed by atoms with Gasteiger partial charge in [0.05, 0.1) is 19.1 Å². The minimum atomic E-state index is 0.162. The third kappa shape index (κ3) is 4.46. The highest BCUT2D eigenvalue weighted by Crippen LogP contribution is 2.26. The van der Waals surface area contributed by atoms with Crippen molar-refractivity contribution in [2.75, 3.05) is 57.4 Å². The minimum Gasteiger partial charge on any atom is -0.378 e. The number of aromatic nitrogens is 2. The van der Waals surface area contributed by atoms with Gasteiger partial charge in [-0.05, 0) is 44.2 Å². The topological polar surface area (TPSA) is 61.8 Å². The fourth-order valence-electron chi connectivity index (χ4n) is 4.71. The summed E-state index contributed by atoms with van der Waals surface area (Å²) in [4.78, 5) is 28.9. The largest absolute Gasteiger partial charge is 0.378 e. The van der Waals surface area contributed by atoms with Gasteiger partial charge in [-0.3, -0.25) is 9.69 Å². The summed E-state index contributed by atoms with van der Waals surface area (Å²) in [5, 5.41) is 0. The van der Waals surface area contributed by atoms with Crippen LogP contribution in [0.1, 0.15) is 38.2 Å². The Hall–Kier alpha value is -1.73. The molecule has 0 unspecified atom stereocenters. The molecule has 3 aliphatic rings. The van der Waals surface area contributed by atoms with Gasteiger partial charge in [0, 0.05) is 51.2 Å². The molecular weight excluding hydrogens is 354 g/mol. The Morgan fingerprint density at radius 2 is 1.79 bits per heavy atom. The van der Waals surface area contributed by atoms with Crippen LogP contribution >= 0.6 is 0 Å². The van der Waals surface area contributed by atoms with Gasteiger partial charge in [-0.15, -0.1) is 0 Å². The van der Waals surface area contributed by atoms with Gasteiger partial charge in [0.2, 0.25) is 11.9 Å². The Labute approximate surface area is 168 Å². The molecule has 4 heterocycles. The Kier molecular flexibility index (Phi) is 6.42. The van der Waals surface area contributed by atoms with Gasteiger partial charge < -0.3 is 14.5 Å². The molecule has 0 bridgehead atoms. The van der Waals surface area contributed by atoms with Crippen molar-refractivity contribution >= 4 is 11.9 Å². The van der Waals surface area contributed by atoms with Crippen LogP contribution < -0.4 is 4.90 Å². The molecule has 0 aromatic carbocycles. The van der Waals surface area contributed by atoms with Crippen molar-refractivity contribution in [2.45, 2.75) is 45.1 Å². The lowest BCUT2D eigenvalue weighted by Crippen LogP contribution is -2.52. The minimum absolute atomic E-state index is 0.162. The first-order valence-corrected chi connectivity index (χ1v) is 10.9. The summed E-state index contributed by atoms with van der Waals surface area (Å²) in [5.74, 6) is 1.36. The summed E-state index contributed by atoms with van der Waals surface area (Å²) in [6, 6.07) is 0.575. The van der Waals surface area contributed by atoms with Crippen molar-refractivity contribution in [3.63, 3.8) is 0 Å². The van der Waals surface area contributed by atoms with E-state index in [1.165, 1.54) is 5.56 Å². The van der Waals surface area contributed by atoms with E-state index in [9.17, 15) is 4.79 Å². The van der Waals surface area contributed by atoms with Crippen LogP contribution in [0.15, 0.2) is 12.4 Å². The van der Waals surface area contributed by atoms with Crippen LogP contribution in [0.25, 0.3) is 0 Å². The quantitative estimate of drug-likeness (QED) is 0.782. The van der Waals surface area contributed by atoms with Crippen molar-refractivity contribution in [3.8, 4) is 0 Å². The molecule has 7 heteroatoms. The number of morpholine rings is 1. The first-order valence-electron chi connectivity index (χ1n) is 10.9. The smallest absolute Gasteiger partial charge is 0.227 e. The molecule has 4 rings (SSSR count). The Bertz CT molecular complexity index is 639. The molecule has 28 heavy (non-hydrogen) atoms. The summed E-state index contributed by atoms with van der Waals surface area (Å²) >= 11 is 0. The molecule has 1 aromatic heterocycles. The van der Waals surface area contributed by atoms with Gasteiger partial charge in [0.25, 0.3) is 0 Å². The Morgan fingerprint density at radius 1 is 1.07 bits per heavy atom. The van der Waals surface area contributed by atoms with E-state index in [-0.39, 0.29) is 5.92 Å². The monoisotopic (exact) mass is 387 g/mol. The summed E-state index contributed by atoms with van der Waals surface area (Å²) in [5.41, 5.74) is 1.18. The Morgan fingerprint density at radius 3 is 2.46 bits per heavy atom. The van der Waals surface area contributed by atoms with Gasteiger partial charge >= 0.3 is 0 Å². The number of hydrogen-bond donors (Lipinski definition) is 0. The zero-order chi connectivity index (χ0) is 19.3. The lowest BCUT2D eigenvalue weighted by molar-refractivity contribution is -0.141. The van der Waals surface area contributed by atoms with Crippen LogP contribution in [0.2, 0.25) is 0 Å². The summed E-state index contributed by atoms with van der Waals surface area (Å²) in [6.07, 6.45) is 9.27. The number of hydrogen-bond acceptors (Lipinski definition) is 6. The van der Waals surface area contributed by atoms with Crippen LogP contribution in [0.5, 0.6) is 0 Å². The van der Waals surface area contributed by atoms with E-state index in [1.807, 2.05) is 17.3 Å². The first kappa shape index (κ1) is 19.6. The summed E-state index contributed by atoms with van der Waals surface area (Å²) < 4.78 is 5.39. The van der Waals surface area contributed by atoms with Crippen molar-refractivity contribution in [3.05, 3.63) is 18.0 Å². The lowest BCUT2D eigenvalue weighted by Gasteiger charge is -2.43. The summed E-state index contributed by atoms with van der Waals surface area (Å²) in [7, 11) is 0. The standard InChI is InChI=1S/C21H33N5O2/c1-2-17-14-22-21(23-15-17)25-8-5-19(6-9-25)26-7-3-4-18(16-26)20(27)24-10-12-28-13-11-24/h14-15,18-19H,2-13,16H2,1H3/t18-/m1/s1. The number of amides is 1. The predicted octanol–water partition coefficient (Wildman–Crippen LogP) is 1.58. The number of likely N-dealkylation sites (tertiary alicyclic amines) is 1. The van der Waals surface area contributed by atoms with Crippen molar-refractivity contribution in [1.29, 1.82) is 0 Å². The SMILES string of the molecule is CCc1cnc(N2CCC(N3CCC[C@@H](C(=O)N4CCOCC4)C3)CC2)nc1. The second kappa shape index (κ2) is 9.18. The molecule has 154 valence electrons. The van der Waals surface area contributed by atoms with E-state index in [1.54, 1.807) is 0 Å². The van der Waals surface area contributed by atoms with Gasteiger partial charge in [0.15, 0.2) is 0 Å². The van der Waals surface area contributed by atoms with E-state index >= 15 is 0 Å². The van der Waals surface area contributed by atoms with E-state index in [4.69, 9.17) is 4.74 Å². The molecule has 3 saturated heterocycles. The number of carbonyl (C=O) groups is 1. The van der Waals surface area contributed by atoms with Crippen LogP contribution in [-0.4, -0.2) is 84.2 Å². The molecule has 0 spiro atoms. The Balaban J connectivity index is 1.29. The zero-order valence-electron chi connectivity index (χ0n) is 17.1. The molecule has 0 saturated carbocycles. The second-order valence-corrected chi connectivity index (χ2v) is 8.23. The number of ether oxygens (including phenoxy) is 1. The van der Waals surface area contributed by atoms with Crippen LogP contribution in [0.3, 0.4) is 0 Å². The summed E-state index contributed by atoms with van der Waals surface area (Å²) in [6.45, 7) is 9.03. The predicted molar refractivity (Wildman–Crippen MR) is 108 cm³/mol. The maximum atomic E-state index is 12.9. The van der Waals surface area contributed by atoms with E-state index in [2.05, 4.69) is 26.7 Å². The molecular formula is C21H33N5O2. The maximum absolute atomic E-state index is 12.9. The van der Waals surface area contributed by atoms with E-state index in [0.29, 0.717) is 25.2 Å². The fourth-order valence-corrected chi connectivity index (χ4v) is 4.71. The number of anilines is 1. The van der Waals surface area contributed by atoms with Crippen LogP contribution in [0, 0.1) is 5.92 Å². The highest BCUT2D eigenvalue weighted by molar-refractivity contribution is 5.79. The number of carbonyl (C=O) groups excluding carboxylic acids is 1. The molecule has 1 amide bonds. The number of aryl methyl sites for hydroxylation is 1. The molecule has 7 nitrogen and oxygen atoms in total. The van der Waals surface area contributed by atoms with E-state index in [0.717, 1.165) is 77.3 Å². The van der Waals surface area contributed by atoms with E-state index < -0.39 is 0 Å². The maximum Gasteiger partial charge on any atom is 0.227 e. The van der Waals surface area contributed by atoms with Gasteiger partial charge in [-0.2, -0.15) is 0 Å². The molecule has 0 radical (unpaired) electrons. The average Bonchev–Trinajstić information content (AvgIpc) is 2.79. The number of nitrogens with zero attached hydrogens (tertiary/aromatic N) is 5. The lowest BCUT2D eigenvalue weighted by atomic mass is 9.92. The van der Waals surface area contributed by atoms with Crippen molar-refractivity contribution < 1.29 is 9.53 Å². The van der Waals surface area contributed by atoms with Crippen LogP contribution in [-0.2, 0) is 16.0 Å². The molecule has 0 N–H and O–H groups in total. The van der Waals surface area contributed by atoms with Crippen molar-refractivity contribution in [1.82, 2.24) is 19.8 Å².